The van der Waals surface area contributed by atoms with Crippen LogP contribution in [0.3, 0.4) is 0 Å². The molecule has 1 aliphatic carbocycles. The van der Waals surface area contributed by atoms with E-state index in [1.807, 2.05) is 0 Å². The first-order valence-electron chi connectivity index (χ1n) is 5.79. The molecule has 0 bridgehead atoms. The van der Waals surface area contributed by atoms with Crippen molar-refractivity contribution >= 4 is 0 Å². The highest BCUT2D eigenvalue weighted by Gasteiger charge is 2.45. The molecule has 0 aromatic carbocycles. The molecule has 1 atom stereocenters. The third kappa shape index (κ3) is 2.12. The molecule has 1 saturated carbocycles. The molecule has 2 nitrogen and oxygen atoms in total. The first-order valence-corrected chi connectivity index (χ1v) is 5.79. The summed E-state index contributed by atoms with van der Waals surface area (Å²) in [7, 11) is 0. The van der Waals surface area contributed by atoms with Crippen molar-refractivity contribution in [3.8, 4) is 0 Å². The van der Waals surface area contributed by atoms with Crippen LogP contribution in [0.5, 0.6) is 0 Å². The van der Waals surface area contributed by atoms with Gasteiger partial charge in [-0.05, 0) is 24.2 Å². The van der Waals surface area contributed by atoms with Gasteiger partial charge in [0, 0.05) is 12.8 Å². The number of ether oxygens (including phenoxy) is 2. The van der Waals surface area contributed by atoms with E-state index in [4.69, 9.17) is 9.47 Å². The number of hydrogen-bond acceptors (Lipinski definition) is 2. The van der Waals surface area contributed by atoms with Gasteiger partial charge in [0.1, 0.15) is 0 Å². The Balaban J connectivity index is 2.10. The van der Waals surface area contributed by atoms with E-state index in [2.05, 4.69) is 20.8 Å². The fourth-order valence-electron chi connectivity index (χ4n) is 3.26. The molecule has 0 unspecified atom stereocenters. The van der Waals surface area contributed by atoms with Gasteiger partial charge in [-0.2, -0.15) is 0 Å². The number of hydrogen-bond donors (Lipinski definition) is 0. The summed E-state index contributed by atoms with van der Waals surface area (Å²) >= 11 is 0. The van der Waals surface area contributed by atoms with Crippen LogP contribution >= 0.6 is 0 Å². The van der Waals surface area contributed by atoms with Gasteiger partial charge in [0.2, 0.25) is 0 Å². The van der Waals surface area contributed by atoms with Gasteiger partial charge in [-0.25, -0.2) is 0 Å². The van der Waals surface area contributed by atoms with E-state index in [1.54, 1.807) is 0 Å². The Labute approximate surface area is 87.0 Å². The lowest BCUT2D eigenvalue weighted by atomic mass is 9.69. The normalized spacial score (nSPS) is 35.8. The topological polar surface area (TPSA) is 18.5 Å². The fraction of sp³-hybridized carbons (Fsp3) is 1.00. The van der Waals surface area contributed by atoms with Crippen LogP contribution in [0.4, 0.5) is 0 Å². The molecule has 0 N–H and O–H groups in total. The molecule has 0 radical (unpaired) electrons. The molecule has 0 aromatic rings. The zero-order valence-corrected chi connectivity index (χ0v) is 9.64. The molecule has 1 spiro atoms. The van der Waals surface area contributed by atoms with Crippen LogP contribution in [0.15, 0.2) is 0 Å². The summed E-state index contributed by atoms with van der Waals surface area (Å²) < 4.78 is 11.8. The maximum absolute atomic E-state index is 5.89. The van der Waals surface area contributed by atoms with E-state index in [1.165, 1.54) is 6.42 Å². The molecule has 82 valence electrons. The van der Waals surface area contributed by atoms with E-state index >= 15 is 0 Å². The third-order valence-electron chi connectivity index (χ3n) is 3.33. The van der Waals surface area contributed by atoms with Gasteiger partial charge in [0.15, 0.2) is 5.79 Å². The summed E-state index contributed by atoms with van der Waals surface area (Å²) in [6.07, 6.45) is 4.48. The van der Waals surface area contributed by atoms with E-state index in [0.717, 1.165) is 38.4 Å². The van der Waals surface area contributed by atoms with Crippen LogP contribution in [-0.4, -0.2) is 19.0 Å². The molecule has 2 heteroatoms. The molecule has 1 aliphatic heterocycles. The van der Waals surface area contributed by atoms with Crippen molar-refractivity contribution < 1.29 is 9.47 Å². The maximum atomic E-state index is 5.89. The number of rotatable bonds is 0. The van der Waals surface area contributed by atoms with E-state index in [-0.39, 0.29) is 5.79 Å². The first-order chi connectivity index (χ1) is 6.52. The zero-order valence-electron chi connectivity index (χ0n) is 9.64. The van der Waals surface area contributed by atoms with Gasteiger partial charge in [0.25, 0.3) is 0 Å². The van der Waals surface area contributed by atoms with Crippen molar-refractivity contribution in [1.82, 2.24) is 0 Å². The summed E-state index contributed by atoms with van der Waals surface area (Å²) in [5, 5.41) is 0. The SMILES string of the molecule is C[C@H]1CC(C)(C)CC2(C1)OCCCO2. The van der Waals surface area contributed by atoms with Crippen LogP contribution in [-0.2, 0) is 9.47 Å². The zero-order chi connectivity index (χ0) is 10.2. The lowest BCUT2D eigenvalue weighted by molar-refractivity contribution is -0.298. The monoisotopic (exact) mass is 198 g/mol. The van der Waals surface area contributed by atoms with Crippen molar-refractivity contribution in [3.63, 3.8) is 0 Å². The smallest absolute Gasteiger partial charge is 0.169 e. The molecule has 14 heavy (non-hydrogen) atoms. The molecule has 2 aliphatic rings. The van der Waals surface area contributed by atoms with E-state index < -0.39 is 0 Å². The van der Waals surface area contributed by atoms with Crippen molar-refractivity contribution in [2.45, 2.75) is 52.2 Å². The highest BCUT2D eigenvalue weighted by molar-refractivity contribution is 4.89. The third-order valence-corrected chi connectivity index (χ3v) is 3.33. The second-order valence-electron chi connectivity index (χ2n) is 5.82. The molecule has 0 amide bonds. The van der Waals surface area contributed by atoms with Gasteiger partial charge in [-0.15, -0.1) is 0 Å². The van der Waals surface area contributed by atoms with Gasteiger partial charge in [-0.3, -0.25) is 0 Å². The minimum Gasteiger partial charge on any atom is -0.350 e. The van der Waals surface area contributed by atoms with Crippen molar-refractivity contribution in [2.24, 2.45) is 11.3 Å². The van der Waals surface area contributed by atoms with Crippen LogP contribution in [0.1, 0.15) is 46.5 Å². The summed E-state index contributed by atoms with van der Waals surface area (Å²) in [4.78, 5) is 0. The van der Waals surface area contributed by atoms with Crippen molar-refractivity contribution in [1.29, 1.82) is 0 Å². The second-order valence-corrected chi connectivity index (χ2v) is 5.82. The maximum Gasteiger partial charge on any atom is 0.169 e. The summed E-state index contributed by atoms with van der Waals surface area (Å²) in [5.74, 6) is 0.483. The first kappa shape index (κ1) is 10.4. The van der Waals surface area contributed by atoms with Gasteiger partial charge in [0.05, 0.1) is 13.2 Å². The largest absolute Gasteiger partial charge is 0.350 e. The predicted octanol–water partition coefficient (Wildman–Crippen LogP) is 2.97. The quantitative estimate of drug-likeness (QED) is 0.596. The van der Waals surface area contributed by atoms with Gasteiger partial charge < -0.3 is 9.47 Å². The molecular formula is C12H22O2. The summed E-state index contributed by atoms with van der Waals surface area (Å²) in [5.41, 5.74) is 0.370. The lowest BCUT2D eigenvalue weighted by Crippen LogP contribution is -2.48. The Kier molecular flexibility index (Phi) is 2.61. The van der Waals surface area contributed by atoms with Gasteiger partial charge >= 0.3 is 0 Å². The molecule has 1 saturated heterocycles. The summed E-state index contributed by atoms with van der Waals surface area (Å²) in [6.45, 7) is 8.72. The van der Waals surface area contributed by atoms with Crippen LogP contribution in [0, 0.1) is 11.3 Å². The second kappa shape index (κ2) is 3.49. The van der Waals surface area contributed by atoms with Gasteiger partial charge in [-0.1, -0.05) is 20.8 Å². The average molecular weight is 198 g/mol. The predicted molar refractivity (Wildman–Crippen MR) is 56.0 cm³/mol. The highest BCUT2D eigenvalue weighted by atomic mass is 16.7. The molecule has 2 fully saturated rings. The standard InChI is InChI=1S/C12H22O2/c1-10-7-11(2,3)9-12(8-10)13-5-4-6-14-12/h10H,4-9H2,1-3H3/t10-/m0/s1. The van der Waals surface area contributed by atoms with E-state index in [9.17, 15) is 0 Å². The molecule has 0 aromatic heterocycles. The van der Waals surface area contributed by atoms with Crippen LogP contribution < -0.4 is 0 Å². The Morgan fingerprint density at radius 3 is 2.29 bits per heavy atom. The average Bonchev–Trinajstić information content (AvgIpc) is 2.00. The Morgan fingerprint density at radius 1 is 1.07 bits per heavy atom. The van der Waals surface area contributed by atoms with Crippen LogP contribution in [0.25, 0.3) is 0 Å². The summed E-state index contributed by atoms with van der Waals surface area (Å²) in [6, 6.07) is 0. The molecule has 1 heterocycles. The highest BCUT2D eigenvalue weighted by Crippen LogP contribution is 2.47. The molecule has 2 rings (SSSR count). The Morgan fingerprint density at radius 2 is 1.71 bits per heavy atom. The van der Waals surface area contributed by atoms with Crippen LogP contribution in [0.2, 0.25) is 0 Å². The van der Waals surface area contributed by atoms with E-state index in [0.29, 0.717) is 5.41 Å². The van der Waals surface area contributed by atoms with Crippen molar-refractivity contribution in [3.05, 3.63) is 0 Å². The lowest BCUT2D eigenvalue weighted by Gasteiger charge is -2.48. The minimum absolute atomic E-state index is 0.237. The minimum atomic E-state index is -0.237. The Bertz CT molecular complexity index is 204. The van der Waals surface area contributed by atoms with Crippen molar-refractivity contribution in [2.75, 3.05) is 13.2 Å². The Hall–Kier alpha value is -0.0800. The fourth-order valence-corrected chi connectivity index (χ4v) is 3.26. The molecular weight excluding hydrogens is 176 g/mol.